The average Bonchev–Trinajstić information content (AvgIpc) is 2.67. The third-order valence-electron chi connectivity index (χ3n) is 3.52. The second-order valence-electron chi connectivity index (χ2n) is 5.55. The fraction of sp³-hybridized carbons (Fsp3) is 0.100. The second-order valence-corrected chi connectivity index (χ2v) is 5.98. The summed E-state index contributed by atoms with van der Waals surface area (Å²) in [5, 5.41) is 3.33. The largest absolute Gasteiger partial charge is 0.484 e. The van der Waals surface area contributed by atoms with Gasteiger partial charge in [-0.2, -0.15) is 0 Å². The van der Waals surface area contributed by atoms with Crippen molar-refractivity contribution in [2.24, 2.45) is 0 Å². The molecule has 0 aliphatic heterocycles. The number of carbonyl (C=O) groups excluding carboxylic acids is 1. The molecule has 0 radical (unpaired) electrons. The quantitative estimate of drug-likeness (QED) is 0.655. The van der Waals surface area contributed by atoms with E-state index in [1.54, 1.807) is 54.7 Å². The van der Waals surface area contributed by atoms with Crippen molar-refractivity contribution >= 4 is 17.5 Å². The van der Waals surface area contributed by atoms with Crippen LogP contribution in [0.5, 0.6) is 17.4 Å². The van der Waals surface area contributed by atoms with Crippen molar-refractivity contribution in [1.82, 2.24) is 10.3 Å². The monoisotopic (exact) mass is 386 g/mol. The Morgan fingerprint density at radius 1 is 1.07 bits per heavy atom. The molecular weight excluding hydrogens is 371 g/mol. The summed E-state index contributed by atoms with van der Waals surface area (Å²) in [5.41, 5.74) is 0.654. The first-order valence-corrected chi connectivity index (χ1v) is 8.50. The highest BCUT2D eigenvalue weighted by Crippen LogP contribution is 2.23. The standard InChI is InChI=1S/C20H16ClFN2O3/c21-15-6-8-17(9-7-15)26-13-19(25)24-12-14-3-2-10-23-20(14)27-18-5-1-4-16(22)11-18/h1-11H,12-13H2,(H,24,25). The fourth-order valence-electron chi connectivity index (χ4n) is 2.22. The highest BCUT2D eigenvalue weighted by molar-refractivity contribution is 6.30. The molecule has 1 heterocycles. The molecule has 1 aromatic heterocycles. The molecule has 0 saturated carbocycles. The van der Waals surface area contributed by atoms with E-state index in [0.717, 1.165) is 0 Å². The summed E-state index contributed by atoms with van der Waals surface area (Å²) in [6, 6.07) is 16.0. The van der Waals surface area contributed by atoms with E-state index in [1.165, 1.54) is 12.1 Å². The Bertz CT molecular complexity index is 919. The Morgan fingerprint density at radius 2 is 1.89 bits per heavy atom. The molecule has 0 spiro atoms. The predicted octanol–water partition coefficient (Wildman–Crippen LogP) is 4.36. The first-order valence-electron chi connectivity index (χ1n) is 8.12. The van der Waals surface area contributed by atoms with Crippen LogP contribution in [-0.4, -0.2) is 17.5 Å². The summed E-state index contributed by atoms with van der Waals surface area (Å²) >= 11 is 5.80. The molecule has 1 N–H and O–H groups in total. The van der Waals surface area contributed by atoms with E-state index in [-0.39, 0.29) is 19.1 Å². The second kappa shape index (κ2) is 9.00. The molecule has 7 heteroatoms. The Hall–Kier alpha value is -3.12. The van der Waals surface area contributed by atoms with E-state index in [9.17, 15) is 9.18 Å². The van der Waals surface area contributed by atoms with Crippen LogP contribution >= 0.6 is 11.6 Å². The van der Waals surface area contributed by atoms with Gasteiger partial charge in [0.05, 0.1) is 0 Å². The fourth-order valence-corrected chi connectivity index (χ4v) is 2.34. The van der Waals surface area contributed by atoms with Crippen LogP contribution in [0.15, 0.2) is 66.9 Å². The summed E-state index contributed by atoms with van der Waals surface area (Å²) < 4.78 is 24.3. The minimum Gasteiger partial charge on any atom is -0.484 e. The van der Waals surface area contributed by atoms with Crippen molar-refractivity contribution in [2.45, 2.75) is 6.54 Å². The number of nitrogens with one attached hydrogen (secondary N) is 1. The zero-order valence-corrected chi connectivity index (χ0v) is 14.9. The molecule has 3 aromatic rings. The lowest BCUT2D eigenvalue weighted by Gasteiger charge is -2.11. The number of rotatable bonds is 7. The molecule has 0 saturated heterocycles. The first kappa shape index (κ1) is 18.7. The van der Waals surface area contributed by atoms with Crippen LogP contribution in [0.1, 0.15) is 5.56 Å². The summed E-state index contributed by atoms with van der Waals surface area (Å²) in [6.07, 6.45) is 1.56. The molecule has 0 bridgehead atoms. The van der Waals surface area contributed by atoms with E-state index in [4.69, 9.17) is 21.1 Å². The normalized spacial score (nSPS) is 10.3. The Morgan fingerprint density at radius 3 is 2.67 bits per heavy atom. The van der Waals surface area contributed by atoms with Crippen LogP contribution in [0.2, 0.25) is 5.02 Å². The third-order valence-corrected chi connectivity index (χ3v) is 3.77. The van der Waals surface area contributed by atoms with Crippen molar-refractivity contribution in [1.29, 1.82) is 0 Å². The van der Waals surface area contributed by atoms with E-state index in [0.29, 0.717) is 28.0 Å². The van der Waals surface area contributed by atoms with Gasteiger partial charge in [0.2, 0.25) is 5.88 Å². The van der Waals surface area contributed by atoms with Crippen molar-refractivity contribution in [3.63, 3.8) is 0 Å². The Kier molecular flexibility index (Phi) is 6.22. The maximum Gasteiger partial charge on any atom is 0.258 e. The van der Waals surface area contributed by atoms with Gasteiger partial charge in [-0.05, 0) is 42.5 Å². The molecule has 138 valence electrons. The lowest BCUT2D eigenvalue weighted by atomic mass is 10.2. The molecule has 27 heavy (non-hydrogen) atoms. The van der Waals surface area contributed by atoms with Gasteiger partial charge in [-0.3, -0.25) is 4.79 Å². The van der Waals surface area contributed by atoms with Gasteiger partial charge in [0, 0.05) is 29.4 Å². The third kappa shape index (κ3) is 5.69. The molecule has 2 aromatic carbocycles. The number of carbonyl (C=O) groups is 1. The van der Waals surface area contributed by atoms with Crippen molar-refractivity contribution in [3.05, 3.63) is 83.3 Å². The van der Waals surface area contributed by atoms with Gasteiger partial charge < -0.3 is 14.8 Å². The number of hydrogen-bond donors (Lipinski definition) is 1. The Balaban J connectivity index is 1.56. The molecule has 1 amide bonds. The smallest absolute Gasteiger partial charge is 0.258 e. The van der Waals surface area contributed by atoms with E-state index in [2.05, 4.69) is 10.3 Å². The maximum absolute atomic E-state index is 13.3. The van der Waals surface area contributed by atoms with Crippen LogP contribution < -0.4 is 14.8 Å². The maximum atomic E-state index is 13.3. The SMILES string of the molecule is O=C(COc1ccc(Cl)cc1)NCc1cccnc1Oc1cccc(F)c1. The van der Waals surface area contributed by atoms with Gasteiger partial charge in [-0.15, -0.1) is 0 Å². The molecule has 0 aliphatic rings. The van der Waals surface area contributed by atoms with Crippen molar-refractivity contribution in [3.8, 4) is 17.4 Å². The zero-order chi connectivity index (χ0) is 19.1. The van der Waals surface area contributed by atoms with Gasteiger partial charge in [0.15, 0.2) is 6.61 Å². The molecule has 0 unspecified atom stereocenters. The minimum absolute atomic E-state index is 0.137. The van der Waals surface area contributed by atoms with Crippen LogP contribution in [0.3, 0.4) is 0 Å². The topological polar surface area (TPSA) is 60.5 Å². The molecule has 0 atom stereocenters. The number of hydrogen-bond acceptors (Lipinski definition) is 4. The van der Waals surface area contributed by atoms with Crippen molar-refractivity contribution in [2.75, 3.05) is 6.61 Å². The number of amides is 1. The minimum atomic E-state index is -0.405. The summed E-state index contributed by atoms with van der Waals surface area (Å²) in [7, 11) is 0. The van der Waals surface area contributed by atoms with Gasteiger partial charge in [0.1, 0.15) is 17.3 Å². The van der Waals surface area contributed by atoms with E-state index >= 15 is 0 Å². The number of benzene rings is 2. The zero-order valence-electron chi connectivity index (χ0n) is 14.2. The Labute approximate surface area is 160 Å². The highest BCUT2D eigenvalue weighted by atomic mass is 35.5. The lowest BCUT2D eigenvalue weighted by Crippen LogP contribution is -2.28. The summed E-state index contributed by atoms with van der Waals surface area (Å²) in [5.74, 6) is 0.462. The van der Waals surface area contributed by atoms with Crippen LogP contribution in [0.25, 0.3) is 0 Å². The van der Waals surface area contributed by atoms with Gasteiger partial charge in [-0.25, -0.2) is 9.37 Å². The van der Waals surface area contributed by atoms with Gasteiger partial charge in [0.25, 0.3) is 5.91 Å². The molecule has 3 rings (SSSR count). The van der Waals surface area contributed by atoms with Crippen LogP contribution in [0.4, 0.5) is 4.39 Å². The summed E-state index contributed by atoms with van der Waals surface area (Å²) in [4.78, 5) is 16.1. The number of pyridine rings is 1. The van der Waals surface area contributed by atoms with E-state index in [1.807, 2.05) is 0 Å². The molecule has 5 nitrogen and oxygen atoms in total. The first-order chi connectivity index (χ1) is 13.1. The van der Waals surface area contributed by atoms with Crippen LogP contribution in [-0.2, 0) is 11.3 Å². The van der Waals surface area contributed by atoms with Gasteiger partial charge >= 0.3 is 0 Å². The molecule has 0 aliphatic carbocycles. The van der Waals surface area contributed by atoms with Crippen LogP contribution in [0, 0.1) is 5.82 Å². The predicted molar refractivity (Wildman–Crippen MR) is 99.5 cm³/mol. The average molecular weight is 387 g/mol. The lowest BCUT2D eigenvalue weighted by molar-refractivity contribution is -0.123. The highest BCUT2D eigenvalue weighted by Gasteiger charge is 2.09. The number of aromatic nitrogens is 1. The molecule has 0 fully saturated rings. The van der Waals surface area contributed by atoms with Gasteiger partial charge in [-0.1, -0.05) is 23.7 Å². The summed E-state index contributed by atoms with van der Waals surface area (Å²) in [6.45, 7) is 0.0588. The molecular formula is C20H16ClFN2O3. The van der Waals surface area contributed by atoms with Crippen molar-refractivity contribution < 1.29 is 18.7 Å². The number of nitrogens with zero attached hydrogens (tertiary/aromatic N) is 1. The number of ether oxygens (including phenoxy) is 2. The van der Waals surface area contributed by atoms with E-state index < -0.39 is 5.82 Å². The number of halogens is 2.